The molecule has 0 spiro atoms. The molecule has 0 unspecified atom stereocenters. The van der Waals surface area contributed by atoms with Gasteiger partial charge in [-0.25, -0.2) is 9.37 Å². The summed E-state index contributed by atoms with van der Waals surface area (Å²) < 4.78 is 13.5. The van der Waals surface area contributed by atoms with E-state index in [1.54, 1.807) is 6.07 Å². The Morgan fingerprint density at radius 2 is 2.19 bits per heavy atom. The quantitative estimate of drug-likeness (QED) is 0.756. The van der Waals surface area contributed by atoms with E-state index < -0.39 is 11.6 Å². The molecule has 134 valence electrons. The second-order valence-electron chi connectivity index (χ2n) is 6.85. The van der Waals surface area contributed by atoms with Crippen LogP contribution in [0.5, 0.6) is 5.75 Å². The molecule has 0 saturated carbocycles. The van der Waals surface area contributed by atoms with E-state index in [1.165, 1.54) is 12.1 Å². The molecule has 0 radical (unpaired) electrons. The van der Waals surface area contributed by atoms with Crippen LogP contribution in [-0.2, 0) is 11.2 Å². The van der Waals surface area contributed by atoms with E-state index in [9.17, 15) is 14.3 Å². The van der Waals surface area contributed by atoms with E-state index in [0.717, 1.165) is 35.3 Å². The van der Waals surface area contributed by atoms with Crippen molar-refractivity contribution >= 4 is 16.9 Å². The van der Waals surface area contributed by atoms with Crippen molar-refractivity contribution in [3.63, 3.8) is 0 Å². The van der Waals surface area contributed by atoms with Gasteiger partial charge in [0, 0.05) is 6.54 Å². The maximum atomic E-state index is 13.5. The van der Waals surface area contributed by atoms with Crippen molar-refractivity contribution < 1.29 is 14.3 Å². The number of rotatable bonds is 3. The van der Waals surface area contributed by atoms with Gasteiger partial charge < -0.3 is 15.0 Å². The number of aromatic nitrogens is 2. The van der Waals surface area contributed by atoms with Gasteiger partial charge in [0.25, 0.3) is 0 Å². The molecule has 0 aliphatic carbocycles. The van der Waals surface area contributed by atoms with E-state index >= 15 is 0 Å². The van der Waals surface area contributed by atoms with E-state index in [1.807, 2.05) is 30.0 Å². The average molecular weight is 353 g/mol. The van der Waals surface area contributed by atoms with Gasteiger partial charge in [-0.15, -0.1) is 0 Å². The number of H-pyrrole nitrogens is 1. The standard InChI is InChI=1S/C20H20FN3O2/c1-12-4-6-15-16(9-12)23-20(22-15)17-3-2-8-24(17)19(26)11-13-5-7-18(25)14(21)10-13/h4-7,9-10,17,25H,2-3,8,11H2,1H3,(H,22,23)/t17-/m1/s1. The van der Waals surface area contributed by atoms with Gasteiger partial charge in [-0.3, -0.25) is 4.79 Å². The Morgan fingerprint density at radius 3 is 3.00 bits per heavy atom. The molecule has 2 N–H and O–H groups in total. The summed E-state index contributed by atoms with van der Waals surface area (Å²) in [6, 6.07) is 10.0. The largest absolute Gasteiger partial charge is 0.505 e. The Balaban J connectivity index is 1.56. The van der Waals surface area contributed by atoms with E-state index in [0.29, 0.717) is 12.1 Å². The number of aryl methyl sites for hydroxylation is 1. The summed E-state index contributed by atoms with van der Waals surface area (Å²) in [5.41, 5.74) is 3.57. The fourth-order valence-corrected chi connectivity index (χ4v) is 3.59. The summed E-state index contributed by atoms with van der Waals surface area (Å²) in [7, 11) is 0. The number of hydrogen-bond acceptors (Lipinski definition) is 3. The van der Waals surface area contributed by atoms with Crippen molar-refractivity contribution in [3.05, 3.63) is 59.2 Å². The first-order chi connectivity index (χ1) is 12.5. The lowest BCUT2D eigenvalue weighted by Gasteiger charge is -2.23. The molecule has 3 aromatic rings. The fourth-order valence-electron chi connectivity index (χ4n) is 3.59. The zero-order valence-corrected chi connectivity index (χ0v) is 14.5. The van der Waals surface area contributed by atoms with Gasteiger partial charge in [-0.05, 0) is 55.2 Å². The second-order valence-corrected chi connectivity index (χ2v) is 6.85. The zero-order valence-electron chi connectivity index (χ0n) is 14.5. The predicted octanol–water partition coefficient (Wildman–Crippen LogP) is 3.62. The predicted molar refractivity (Wildman–Crippen MR) is 96.3 cm³/mol. The molecular weight excluding hydrogens is 333 g/mol. The van der Waals surface area contributed by atoms with E-state index in [4.69, 9.17) is 0 Å². The number of phenols is 1. The number of hydrogen-bond donors (Lipinski definition) is 2. The highest BCUT2D eigenvalue weighted by Crippen LogP contribution is 2.32. The lowest BCUT2D eigenvalue weighted by molar-refractivity contribution is -0.131. The Hall–Kier alpha value is -2.89. The van der Waals surface area contributed by atoms with Crippen LogP contribution in [-0.4, -0.2) is 32.4 Å². The van der Waals surface area contributed by atoms with Gasteiger partial charge in [-0.1, -0.05) is 12.1 Å². The zero-order chi connectivity index (χ0) is 18.3. The third-order valence-electron chi connectivity index (χ3n) is 4.91. The number of fused-ring (bicyclic) bond motifs is 1. The first-order valence-corrected chi connectivity index (χ1v) is 8.74. The molecule has 26 heavy (non-hydrogen) atoms. The number of nitrogens with one attached hydrogen (secondary N) is 1. The first kappa shape index (κ1) is 16.6. The molecule has 6 heteroatoms. The number of aromatic hydroxyl groups is 1. The van der Waals surface area contributed by atoms with Crippen LogP contribution >= 0.6 is 0 Å². The SMILES string of the molecule is Cc1ccc2nc([C@H]3CCCN3C(=O)Cc3ccc(O)c(F)c3)[nH]c2c1. The normalized spacial score (nSPS) is 17.2. The summed E-state index contributed by atoms with van der Waals surface area (Å²) >= 11 is 0. The molecule has 1 aromatic heterocycles. The van der Waals surface area contributed by atoms with Crippen LogP contribution in [0.15, 0.2) is 36.4 Å². The molecule has 1 fully saturated rings. The van der Waals surface area contributed by atoms with Crippen LogP contribution in [0, 0.1) is 12.7 Å². The minimum Gasteiger partial charge on any atom is -0.505 e. The molecule has 1 aliphatic rings. The summed E-state index contributed by atoms with van der Waals surface area (Å²) in [5, 5.41) is 9.29. The summed E-state index contributed by atoms with van der Waals surface area (Å²) in [6.07, 6.45) is 1.87. The van der Waals surface area contributed by atoms with Crippen LogP contribution in [0.4, 0.5) is 4.39 Å². The molecule has 1 saturated heterocycles. The summed E-state index contributed by atoms with van der Waals surface area (Å²) in [5.74, 6) is -0.374. The third kappa shape index (κ3) is 3.03. The van der Waals surface area contributed by atoms with E-state index in [-0.39, 0.29) is 18.4 Å². The Morgan fingerprint density at radius 1 is 1.35 bits per heavy atom. The second kappa shape index (κ2) is 6.44. The van der Waals surface area contributed by atoms with Gasteiger partial charge in [0.1, 0.15) is 5.82 Å². The molecule has 2 heterocycles. The monoisotopic (exact) mass is 353 g/mol. The average Bonchev–Trinajstić information content (AvgIpc) is 3.24. The van der Waals surface area contributed by atoms with Crippen LogP contribution in [0.3, 0.4) is 0 Å². The number of likely N-dealkylation sites (tertiary alicyclic amines) is 1. The lowest BCUT2D eigenvalue weighted by Crippen LogP contribution is -2.32. The van der Waals surface area contributed by atoms with Gasteiger partial charge in [-0.2, -0.15) is 0 Å². The van der Waals surface area contributed by atoms with Gasteiger partial charge in [0.15, 0.2) is 11.6 Å². The highest BCUT2D eigenvalue weighted by atomic mass is 19.1. The van der Waals surface area contributed by atoms with E-state index in [2.05, 4.69) is 9.97 Å². The maximum absolute atomic E-state index is 13.5. The van der Waals surface area contributed by atoms with Crippen molar-refractivity contribution in [1.82, 2.24) is 14.9 Å². The summed E-state index contributed by atoms with van der Waals surface area (Å²) in [6.45, 7) is 2.70. The van der Waals surface area contributed by atoms with Crippen molar-refractivity contribution in [1.29, 1.82) is 0 Å². The van der Waals surface area contributed by atoms with Crippen molar-refractivity contribution in [3.8, 4) is 5.75 Å². The molecule has 2 aromatic carbocycles. The smallest absolute Gasteiger partial charge is 0.227 e. The number of benzene rings is 2. The van der Waals surface area contributed by atoms with Crippen LogP contribution in [0.2, 0.25) is 0 Å². The number of carbonyl (C=O) groups is 1. The highest BCUT2D eigenvalue weighted by molar-refractivity contribution is 5.80. The minimum atomic E-state index is -0.707. The van der Waals surface area contributed by atoms with Gasteiger partial charge in [0.2, 0.25) is 5.91 Å². The molecule has 5 nitrogen and oxygen atoms in total. The topological polar surface area (TPSA) is 69.2 Å². The molecular formula is C20H20FN3O2. The van der Waals surface area contributed by atoms with Crippen molar-refractivity contribution in [2.75, 3.05) is 6.54 Å². The van der Waals surface area contributed by atoms with Gasteiger partial charge in [0.05, 0.1) is 23.5 Å². The molecule has 1 amide bonds. The number of aromatic amines is 1. The number of imidazole rings is 1. The first-order valence-electron chi connectivity index (χ1n) is 8.74. The van der Waals surface area contributed by atoms with Crippen LogP contribution < -0.4 is 0 Å². The van der Waals surface area contributed by atoms with Crippen LogP contribution in [0.1, 0.15) is 35.8 Å². The van der Waals surface area contributed by atoms with Crippen LogP contribution in [0.25, 0.3) is 11.0 Å². The van der Waals surface area contributed by atoms with Crippen molar-refractivity contribution in [2.24, 2.45) is 0 Å². The molecule has 1 aliphatic heterocycles. The lowest BCUT2D eigenvalue weighted by atomic mass is 10.1. The van der Waals surface area contributed by atoms with Gasteiger partial charge >= 0.3 is 0 Å². The number of carbonyl (C=O) groups excluding carboxylic acids is 1. The number of halogens is 1. The Labute approximate surface area is 150 Å². The molecule has 1 atom stereocenters. The highest BCUT2D eigenvalue weighted by Gasteiger charge is 2.32. The number of phenolic OH excluding ortho intramolecular Hbond substituents is 1. The Bertz CT molecular complexity index is 982. The molecule has 4 rings (SSSR count). The van der Waals surface area contributed by atoms with Crippen molar-refractivity contribution in [2.45, 2.75) is 32.2 Å². The Kier molecular flexibility index (Phi) is 4.11. The third-order valence-corrected chi connectivity index (χ3v) is 4.91. The fraction of sp³-hybridized carbons (Fsp3) is 0.300. The number of amides is 1. The number of nitrogens with zero attached hydrogens (tertiary/aromatic N) is 2. The maximum Gasteiger partial charge on any atom is 0.227 e. The summed E-state index contributed by atoms with van der Waals surface area (Å²) in [4.78, 5) is 22.6. The minimum absolute atomic E-state index is 0.0609. The molecule has 0 bridgehead atoms.